The number of aromatic nitrogens is 3. The second-order valence-electron chi connectivity index (χ2n) is 12.0. The number of urea groups is 1. The summed E-state index contributed by atoms with van der Waals surface area (Å²) in [5.74, 6) is 1.58. The predicted octanol–water partition coefficient (Wildman–Crippen LogP) is 8.17. The second-order valence-corrected chi connectivity index (χ2v) is 12.9. The Bertz CT molecular complexity index is 1800. The van der Waals surface area contributed by atoms with Gasteiger partial charge in [-0.15, -0.1) is 11.3 Å². The number of ether oxygens (including phenoxy) is 2. The van der Waals surface area contributed by atoms with Gasteiger partial charge < -0.3 is 25.4 Å². The third kappa shape index (κ3) is 7.16. The van der Waals surface area contributed by atoms with E-state index in [9.17, 15) is 4.79 Å². The van der Waals surface area contributed by atoms with Crippen LogP contribution in [0.25, 0.3) is 10.8 Å². The zero-order chi connectivity index (χ0) is 31.4. The molecule has 3 heterocycles. The van der Waals surface area contributed by atoms with Gasteiger partial charge >= 0.3 is 6.03 Å². The van der Waals surface area contributed by atoms with Crippen molar-refractivity contribution < 1.29 is 14.3 Å². The molecule has 2 aromatic heterocycles. The first-order chi connectivity index (χ1) is 21.8. The Kier molecular flexibility index (Phi) is 8.81. The number of hydrogen-bond donors (Lipinski definition) is 3. The molecule has 0 saturated carbocycles. The van der Waals surface area contributed by atoms with Crippen molar-refractivity contribution >= 4 is 50.3 Å². The molecule has 5 aromatic rings. The number of methoxy groups -OCH3 is 1. The number of thiazole rings is 1. The van der Waals surface area contributed by atoms with Gasteiger partial charge in [0.1, 0.15) is 12.1 Å². The Morgan fingerprint density at radius 1 is 0.978 bits per heavy atom. The fraction of sp³-hybridized carbons (Fsp3) is 0.294. The highest BCUT2D eigenvalue weighted by Crippen LogP contribution is 2.41. The summed E-state index contributed by atoms with van der Waals surface area (Å²) < 4.78 is 11.9. The number of nitrogens with zero attached hydrogens (tertiary/aromatic N) is 4. The highest BCUT2D eigenvalue weighted by atomic mass is 32.1. The predicted molar refractivity (Wildman–Crippen MR) is 180 cm³/mol. The van der Waals surface area contributed by atoms with Crippen LogP contribution >= 0.6 is 11.3 Å². The van der Waals surface area contributed by atoms with Gasteiger partial charge in [0.25, 0.3) is 0 Å². The minimum Gasteiger partial charge on any atom is -0.492 e. The largest absolute Gasteiger partial charge is 0.492 e. The van der Waals surface area contributed by atoms with Crippen LogP contribution in [0.4, 0.5) is 27.0 Å². The van der Waals surface area contributed by atoms with E-state index < -0.39 is 6.03 Å². The molecule has 0 atom stereocenters. The van der Waals surface area contributed by atoms with Gasteiger partial charge in [-0.1, -0.05) is 45.0 Å². The molecular formula is C34H37N7O3S. The van der Waals surface area contributed by atoms with E-state index in [-0.39, 0.29) is 5.41 Å². The number of nitrogens with one attached hydrogen (secondary N) is 3. The van der Waals surface area contributed by atoms with E-state index in [2.05, 4.69) is 63.0 Å². The molecule has 1 aliphatic heterocycles. The molecule has 1 saturated heterocycles. The van der Waals surface area contributed by atoms with Crippen molar-refractivity contribution in [1.82, 2.24) is 19.9 Å². The lowest BCUT2D eigenvalue weighted by Gasteiger charge is -2.24. The van der Waals surface area contributed by atoms with Gasteiger partial charge in [0.05, 0.1) is 29.9 Å². The third-order valence-electron chi connectivity index (χ3n) is 7.69. The van der Waals surface area contributed by atoms with Crippen LogP contribution in [0.1, 0.15) is 44.9 Å². The number of amides is 2. The summed E-state index contributed by atoms with van der Waals surface area (Å²) in [6.45, 7) is 9.50. The van der Waals surface area contributed by atoms with Crippen molar-refractivity contribution in [3.8, 4) is 17.4 Å². The second kappa shape index (κ2) is 13.1. The number of fused-ring (bicyclic) bond motifs is 1. The minimum absolute atomic E-state index is 0.185. The normalized spacial score (nSPS) is 13.5. The van der Waals surface area contributed by atoms with Crippen molar-refractivity contribution in [2.45, 2.75) is 45.6 Å². The van der Waals surface area contributed by atoms with Crippen LogP contribution in [-0.2, 0) is 12.0 Å². The first-order valence-electron chi connectivity index (χ1n) is 15.0. The SMILES string of the molecule is COc1c(NC(=O)Nc2ccc(Oc3ccncn3)c3ccccc23)cc(C(C)(C)C)cc1Nc1nc(CN2CCCC2)cs1. The summed E-state index contributed by atoms with van der Waals surface area (Å²) in [5, 5.41) is 14.1. The van der Waals surface area contributed by atoms with E-state index in [1.54, 1.807) is 30.7 Å². The molecule has 0 aliphatic carbocycles. The molecule has 11 heteroatoms. The molecule has 0 unspecified atom stereocenters. The maximum atomic E-state index is 13.5. The standard InChI is InChI=1S/C34H37N7O3S/c1-34(2,3)22-17-27(31(43-4)28(18-22)40-33-37-23(20-45-33)19-41-15-7-8-16-41)39-32(42)38-26-11-12-29(25-10-6-5-9-24(25)26)44-30-13-14-35-21-36-30/h5-6,9-14,17-18,20-21H,7-8,15-16,19H2,1-4H3,(H,37,40)(H2,38,39,42). The zero-order valence-electron chi connectivity index (χ0n) is 25.9. The highest BCUT2D eigenvalue weighted by molar-refractivity contribution is 7.13. The Hall–Kier alpha value is -4.74. The van der Waals surface area contributed by atoms with Gasteiger partial charge in [0.15, 0.2) is 10.9 Å². The molecule has 3 aromatic carbocycles. The lowest BCUT2D eigenvalue weighted by Crippen LogP contribution is -2.21. The molecule has 45 heavy (non-hydrogen) atoms. The van der Waals surface area contributed by atoms with Gasteiger partial charge in [-0.25, -0.2) is 19.7 Å². The number of hydrogen-bond acceptors (Lipinski definition) is 9. The lowest BCUT2D eigenvalue weighted by atomic mass is 9.86. The van der Waals surface area contributed by atoms with E-state index in [0.717, 1.165) is 52.5 Å². The molecule has 10 nitrogen and oxygen atoms in total. The highest BCUT2D eigenvalue weighted by Gasteiger charge is 2.22. The molecular weight excluding hydrogens is 586 g/mol. The molecule has 1 fully saturated rings. The first-order valence-corrected chi connectivity index (χ1v) is 15.8. The summed E-state index contributed by atoms with van der Waals surface area (Å²) in [5.41, 5.74) is 3.82. The Balaban J connectivity index is 1.25. The van der Waals surface area contributed by atoms with Crippen LogP contribution in [0.2, 0.25) is 0 Å². The number of likely N-dealkylation sites (tertiary alicyclic amines) is 1. The summed E-state index contributed by atoms with van der Waals surface area (Å²) in [6, 6.07) is 16.7. The number of benzene rings is 3. The van der Waals surface area contributed by atoms with Gasteiger partial charge in [-0.2, -0.15) is 0 Å². The van der Waals surface area contributed by atoms with Crippen molar-refractivity contribution in [2.75, 3.05) is 36.1 Å². The molecule has 0 bridgehead atoms. The fourth-order valence-corrected chi connectivity index (χ4v) is 6.10. The lowest BCUT2D eigenvalue weighted by molar-refractivity contribution is 0.262. The van der Waals surface area contributed by atoms with E-state index in [1.807, 2.05) is 42.5 Å². The number of rotatable bonds is 9. The smallest absolute Gasteiger partial charge is 0.323 e. The summed E-state index contributed by atoms with van der Waals surface area (Å²) >= 11 is 1.56. The van der Waals surface area contributed by atoms with Crippen LogP contribution in [-0.4, -0.2) is 46.1 Å². The maximum Gasteiger partial charge on any atom is 0.323 e. The van der Waals surface area contributed by atoms with E-state index >= 15 is 0 Å². The number of anilines is 4. The number of carbonyl (C=O) groups is 1. The Morgan fingerprint density at radius 3 is 2.47 bits per heavy atom. The van der Waals surface area contributed by atoms with Gasteiger partial charge in [0.2, 0.25) is 5.88 Å². The molecule has 0 spiro atoms. The Labute approximate surface area is 266 Å². The van der Waals surface area contributed by atoms with Gasteiger partial charge in [-0.3, -0.25) is 4.90 Å². The topological polar surface area (TPSA) is 114 Å². The van der Waals surface area contributed by atoms with Crippen LogP contribution in [0.3, 0.4) is 0 Å². The third-order valence-corrected chi connectivity index (χ3v) is 8.49. The molecule has 2 amide bonds. The minimum atomic E-state index is -0.401. The van der Waals surface area contributed by atoms with Crippen LogP contribution in [0, 0.1) is 0 Å². The van der Waals surface area contributed by atoms with Crippen molar-refractivity contribution in [3.63, 3.8) is 0 Å². The maximum absolute atomic E-state index is 13.5. The molecule has 1 aliphatic rings. The average Bonchev–Trinajstić information content (AvgIpc) is 3.71. The van der Waals surface area contributed by atoms with E-state index in [4.69, 9.17) is 14.5 Å². The van der Waals surface area contributed by atoms with Crippen LogP contribution < -0.4 is 25.4 Å². The van der Waals surface area contributed by atoms with Gasteiger partial charge in [0, 0.05) is 35.0 Å². The zero-order valence-corrected chi connectivity index (χ0v) is 26.7. The molecule has 3 N–H and O–H groups in total. The fourth-order valence-electron chi connectivity index (χ4n) is 5.39. The monoisotopic (exact) mass is 623 g/mol. The van der Waals surface area contributed by atoms with Crippen LogP contribution in [0.15, 0.2) is 72.5 Å². The van der Waals surface area contributed by atoms with Gasteiger partial charge in [-0.05, 0) is 61.2 Å². The van der Waals surface area contributed by atoms with Crippen molar-refractivity contribution in [3.05, 3.63) is 83.8 Å². The number of carbonyl (C=O) groups excluding carboxylic acids is 1. The quantitative estimate of drug-likeness (QED) is 0.151. The first kappa shape index (κ1) is 30.3. The summed E-state index contributed by atoms with van der Waals surface area (Å²) in [7, 11) is 1.60. The average molecular weight is 624 g/mol. The molecule has 232 valence electrons. The summed E-state index contributed by atoms with van der Waals surface area (Å²) in [4.78, 5) is 28.9. The van der Waals surface area contributed by atoms with Crippen molar-refractivity contribution in [1.29, 1.82) is 0 Å². The molecule has 0 radical (unpaired) electrons. The van der Waals surface area contributed by atoms with E-state index in [1.165, 1.54) is 19.2 Å². The molecule has 6 rings (SSSR count). The van der Waals surface area contributed by atoms with E-state index in [0.29, 0.717) is 28.8 Å². The van der Waals surface area contributed by atoms with Crippen LogP contribution in [0.5, 0.6) is 17.4 Å². The van der Waals surface area contributed by atoms with Crippen molar-refractivity contribution in [2.24, 2.45) is 0 Å². The summed E-state index contributed by atoms with van der Waals surface area (Å²) in [6.07, 6.45) is 5.55. The Morgan fingerprint density at radius 2 is 1.73 bits per heavy atom.